The third kappa shape index (κ3) is 0.992. The molecule has 0 aromatic carbocycles. The van der Waals surface area contributed by atoms with Crippen molar-refractivity contribution < 1.29 is 4.74 Å². The molecule has 0 aliphatic carbocycles. The minimum Gasteiger partial charge on any atom is -0.396 e. The summed E-state index contributed by atoms with van der Waals surface area (Å²) >= 11 is 0. The Bertz CT molecular complexity index is 294. The Hall–Kier alpha value is -1.03. The van der Waals surface area contributed by atoms with Gasteiger partial charge in [-0.05, 0) is 13.8 Å². The van der Waals surface area contributed by atoms with Gasteiger partial charge >= 0.3 is 0 Å². The summed E-state index contributed by atoms with van der Waals surface area (Å²) in [5.41, 5.74) is 7.47. The number of nitrogens with zero attached hydrogens (tertiary/aromatic N) is 2. The zero-order valence-corrected chi connectivity index (χ0v) is 7.32. The topological polar surface area (TPSA) is 53.1 Å². The molecule has 0 fully saturated rings. The lowest BCUT2D eigenvalue weighted by Gasteiger charge is -2.26. The van der Waals surface area contributed by atoms with Crippen molar-refractivity contribution in [3.63, 3.8) is 0 Å². The Kier molecular flexibility index (Phi) is 1.58. The minimum absolute atomic E-state index is 0.0660. The quantitative estimate of drug-likeness (QED) is 0.625. The van der Waals surface area contributed by atoms with Gasteiger partial charge in [-0.15, -0.1) is 0 Å². The Morgan fingerprint density at radius 3 is 3.17 bits per heavy atom. The normalized spacial score (nSPS) is 28.5. The van der Waals surface area contributed by atoms with Crippen LogP contribution in [0.4, 0.5) is 5.69 Å². The van der Waals surface area contributed by atoms with Gasteiger partial charge < -0.3 is 10.5 Å². The van der Waals surface area contributed by atoms with E-state index in [4.69, 9.17) is 10.5 Å². The Labute approximate surface area is 71.3 Å². The van der Waals surface area contributed by atoms with Crippen LogP contribution < -0.4 is 5.73 Å². The Morgan fingerprint density at radius 2 is 2.42 bits per heavy atom. The molecule has 2 atom stereocenters. The molecular weight excluding hydrogens is 154 g/mol. The van der Waals surface area contributed by atoms with E-state index in [0.29, 0.717) is 0 Å². The highest BCUT2D eigenvalue weighted by Gasteiger charge is 2.24. The van der Waals surface area contributed by atoms with Crippen molar-refractivity contribution in [3.8, 4) is 0 Å². The summed E-state index contributed by atoms with van der Waals surface area (Å²) in [6, 6.07) is 0. The summed E-state index contributed by atoms with van der Waals surface area (Å²) in [6.45, 7) is 4.84. The van der Waals surface area contributed by atoms with Crippen LogP contribution in [0.25, 0.3) is 0 Å². The average Bonchev–Trinajstić information content (AvgIpc) is 2.31. The van der Waals surface area contributed by atoms with Crippen molar-refractivity contribution >= 4 is 5.69 Å². The van der Waals surface area contributed by atoms with Crippen molar-refractivity contribution in [3.05, 3.63) is 11.9 Å². The maximum Gasteiger partial charge on any atom is 0.0988 e. The molecule has 0 saturated carbocycles. The zero-order chi connectivity index (χ0) is 8.72. The molecule has 1 aromatic rings. The smallest absolute Gasteiger partial charge is 0.0988 e. The lowest BCUT2D eigenvalue weighted by Crippen LogP contribution is -2.27. The van der Waals surface area contributed by atoms with E-state index in [1.54, 1.807) is 6.20 Å². The molecule has 2 N–H and O–H groups in total. The molecule has 2 rings (SSSR count). The van der Waals surface area contributed by atoms with Crippen LogP contribution in [0.5, 0.6) is 0 Å². The van der Waals surface area contributed by atoms with Crippen LogP contribution in [0.3, 0.4) is 0 Å². The maximum atomic E-state index is 5.73. The molecule has 66 valence electrons. The van der Waals surface area contributed by atoms with Crippen molar-refractivity contribution in [1.82, 2.24) is 9.78 Å². The van der Waals surface area contributed by atoms with Gasteiger partial charge in [-0.1, -0.05) is 0 Å². The summed E-state index contributed by atoms with van der Waals surface area (Å²) in [4.78, 5) is 0. The lowest BCUT2D eigenvalue weighted by atomic mass is 10.2. The van der Waals surface area contributed by atoms with E-state index >= 15 is 0 Å². The number of rotatable bonds is 0. The fraction of sp³-hybridized carbons (Fsp3) is 0.625. The molecular formula is C8H13N3O. The first-order valence-electron chi connectivity index (χ1n) is 4.15. The number of ether oxygens (including phenoxy) is 1. The largest absolute Gasteiger partial charge is 0.396 e. The van der Waals surface area contributed by atoms with E-state index in [-0.39, 0.29) is 12.2 Å². The molecule has 0 unspecified atom stereocenters. The minimum atomic E-state index is 0.0660. The number of anilines is 1. The number of hydrogen-bond acceptors (Lipinski definition) is 3. The average molecular weight is 167 g/mol. The summed E-state index contributed by atoms with van der Waals surface area (Å²) in [5.74, 6) is 0. The highest BCUT2D eigenvalue weighted by molar-refractivity contribution is 5.42. The van der Waals surface area contributed by atoms with Crippen LogP contribution in [-0.2, 0) is 11.3 Å². The molecule has 0 spiro atoms. The third-order valence-corrected chi connectivity index (χ3v) is 2.16. The number of aromatic nitrogens is 2. The second kappa shape index (κ2) is 2.48. The Morgan fingerprint density at radius 1 is 1.67 bits per heavy atom. The van der Waals surface area contributed by atoms with Gasteiger partial charge in [0.2, 0.25) is 0 Å². The first kappa shape index (κ1) is 7.61. The van der Waals surface area contributed by atoms with Gasteiger partial charge in [0.15, 0.2) is 0 Å². The molecule has 4 heteroatoms. The molecule has 1 aliphatic heterocycles. The summed E-state index contributed by atoms with van der Waals surface area (Å²) < 4.78 is 7.54. The molecule has 1 aromatic heterocycles. The first-order valence-corrected chi connectivity index (χ1v) is 4.15. The second-order valence-corrected chi connectivity index (χ2v) is 3.26. The SMILES string of the molecule is C[C@@H]1O[C@@H](C)Cn2ncc(N)c21. The molecule has 1 aliphatic rings. The predicted molar refractivity (Wildman–Crippen MR) is 45.6 cm³/mol. The lowest BCUT2D eigenvalue weighted by molar-refractivity contribution is -0.0299. The first-order chi connectivity index (χ1) is 5.68. The van der Waals surface area contributed by atoms with Crippen LogP contribution in [0, 0.1) is 0 Å². The number of hydrogen-bond donors (Lipinski definition) is 1. The van der Waals surface area contributed by atoms with Crippen molar-refractivity contribution in [2.75, 3.05) is 5.73 Å². The summed E-state index contributed by atoms with van der Waals surface area (Å²) in [6.07, 6.45) is 1.98. The predicted octanol–water partition coefficient (Wildman–Crippen LogP) is 0.945. The van der Waals surface area contributed by atoms with Gasteiger partial charge in [0.25, 0.3) is 0 Å². The van der Waals surface area contributed by atoms with Crippen LogP contribution in [0.1, 0.15) is 25.6 Å². The van der Waals surface area contributed by atoms with Crippen LogP contribution in [-0.4, -0.2) is 15.9 Å². The van der Waals surface area contributed by atoms with E-state index in [1.165, 1.54) is 0 Å². The van der Waals surface area contributed by atoms with E-state index in [1.807, 2.05) is 18.5 Å². The number of fused-ring (bicyclic) bond motifs is 1. The maximum absolute atomic E-state index is 5.73. The molecule has 0 saturated heterocycles. The molecule has 12 heavy (non-hydrogen) atoms. The molecule has 2 heterocycles. The van der Waals surface area contributed by atoms with E-state index < -0.39 is 0 Å². The van der Waals surface area contributed by atoms with Gasteiger partial charge in [-0.2, -0.15) is 5.10 Å². The van der Waals surface area contributed by atoms with Gasteiger partial charge in [0, 0.05) is 0 Å². The zero-order valence-electron chi connectivity index (χ0n) is 7.32. The highest BCUT2D eigenvalue weighted by Crippen LogP contribution is 2.28. The van der Waals surface area contributed by atoms with E-state index in [0.717, 1.165) is 17.9 Å². The van der Waals surface area contributed by atoms with Crippen molar-refractivity contribution in [2.24, 2.45) is 0 Å². The van der Waals surface area contributed by atoms with Gasteiger partial charge in [-0.3, -0.25) is 4.68 Å². The highest BCUT2D eigenvalue weighted by atomic mass is 16.5. The van der Waals surface area contributed by atoms with Crippen molar-refractivity contribution in [1.29, 1.82) is 0 Å². The van der Waals surface area contributed by atoms with Crippen LogP contribution in [0.2, 0.25) is 0 Å². The third-order valence-electron chi connectivity index (χ3n) is 2.16. The second-order valence-electron chi connectivity index (χ2n) is 3.26. The van der Waals surface area contributed by atoms with E-state index in [2.05, 4.69) is 5.10 Å². The molecule has 0 amide bonds. The standard InChI is InChI=1S/C8H13N3O/c1-5-4-11-8(6(2)12-5)7(9)3-10-11/h3,5-6H,4,9H2,1-2H3/t5-,6-/m0/s1. The van der Waals surface area contributed by atoms with E-state index in [9.17, 15) is 0 Å². The van der Waals surface area contributed by atoms with Crippen LogP contribution in [0.15, 0.2) is 6.20 Å². The molecule has 0 bridgehead atoms. The molecule has 4 nitrogen and oxygen atoms in total. The number of nitrogen functional groups attached to an aromatic ring is 1. The van der Waals surface area contributed by atoms with Gasteiger partial charge in [-0.25, -0.2) is 0 Å². The van der Waals surface area contributed by atoms with Gasteiger partial charge in [0.1, 0.15) is 0 Å². The van der Waals surface area contributed by atoms with Crippen LogP contribution >= 0.6 is 0 Å². The fourth-order valence-electron chi connectivity index (χ4n) is 1.70. The summed E-state index contributed by atoms with van der Waals surface area (Å²) in [5, 5.41) is 4.17. The molecule has 0 radical (unpaired) electrons. The van der Waals surface area contributed by atoms with Crippen molar-refractivity contribution in [2.45, 2.75) is 32.6 Å². The van der Waals surface area contributed by atoms with Gasteiger partial charge in [0.05, 0.1) is 36.3 Å². The Balaban J connectivity index is 2.43. The summed E-state index contributed by atoms with van der Waals surface area (Å²) in [7, 11) is 0. The number of nitrogens with two attached hydrogens (primary N) is 1. The monoisotopic (exact) mass is 167 g/mol. The fourth-order valence-corrected chi connectivity index (χ4v) is 1.70.